The molecule has 6 heteroatoms. The summed E-state index contributed by atoms with van der Waals surface area (Å²) in [6.07, 6.45) is 10.4. The highest BCUT2D eigenvalue weighted by Crippen LogP contribution is 2.69. The van der Waals surface area contributed by atoms with Crippen LogP contribution in [0, 0.1) is 52.3 Å². The number of anilines is 1. The number of nitrogen functional groups attached to an aromatic ring is 1. The Labute approximate surface area is 199 Å². The first-order valence-electron chi connectivity index (χ1n) is 13.6. The van der Waals surface area contributed by atoms with E-state index in [1.807, 2.05) is 0 Å². The molecule has 0 aromatic carbocycles. The summed E-state index contributed by atoms with van der Waals surface area (Å²) in [6.45, 7) is 9.71. The van der Waals surface area contributed by atoms with Gasteiger partial charge in [-0.3, -0.25) is 0 Å². The van der Waals surface area contributed by atoms with Gasteiger partial charge in [0.1, 0.15) is 0 Å². The van der Waals surface area contributed by atoms with Crippen molar-refractivity contribution in [1.29, 1.82) is 0 Å². The van der Waals surface area contributed by atoms with E-state index in [4.69, 9.17) is 10.2 Å². The lowest BCUT2D eigenvalue weighted by Gasteiger charge is -2.64. The number of rotatable bonds is 5. The molecule has 0 bridgehead atoms. The van der Waals surface area contributed by atoms with Gasteiger partial charge >= 0.3 is 6.01 Å². The standard InChI is InChI=1S/C27H45N3O3/c1-5-17-21-14-16(31)10-12-27(21,4)20-11-13-26(3)18(7-8-19(26)23(20)24(17)32)15(2)6-9-22-29-30-25(28)33-22/h15-21,23-24,31-32H,5-14H2,1-4H3,(H2,28,30)/t15-,16-,17-,18?,19+,20+,21?,23+,24-,26?,27?/m1/s1. The minimum Gasteiger partial charge on any atom is -0.408 e. The summed E-state index contributed by atoms with van der Waals surface area (Å²) in [5.41, 5.74) is 6.17. The van der Waals surface area contributed by atoms with Crippen LogP contribution in [0.5, 0.6) is 0 Å². The third-order valence-electron chi connectivity index (χ3n) is 11.4. The zero-order chi connectivity index (χ0) is 23.5. The second-order valence-corrected chi connectivity index (χ2v) is 12.7. The van der Waals surface area contributed by atoms with Crippen LogP contribution in [0.15, 0.2) is 4.42 Å². The second-order valence-electron chi connectivity index (χ2n) is 12.7. The van der Waals surface area contributed by atoms with Crippen molar-refractivity contribution in [3.8, 4) is 0 Å². The summed E-state index contributed by atoms with van der Waals surface area (Å²) in [5, 5.41) is 30.2. The average molecular weight is 460 g/mol. The van der Waals surface area contributed by atoms with Crippen LogP contribution < -0.4 is 5.73 Å². The highest BCUT2D eigenvalue weighted by atomic mass is 16.4. The lowest BCUT2D eigenvalue weighted by Crippen LogP contribution is -2.62. The third-order valence-corrected chi connectivity index (χ3v) is 11.4. The maximum Gasteiger partial charge on any atom is 0.312 e. The Hall–Kier alpha value is -1.14. The van der Waals surface area contributed by atoms with Gasteiger partial charge in [-0.05, 0) is 104 Å². The van der Waals surface area contributed by atoms with Gasteiger partial charge in [-0.15, -0.1) is 5.10 Å². The number of hydrogen-bond acceptors (Lipinski definition) is 6. The van der Waals surface area contributed by atoms with Crippen LogP contribution in [0.25, 0.3) is 0 Å². The molecule has 4 aliphatic carbocycles. The average Bonchev–Trinajstić information content (AvgIpc) is 3.36. The number of aromatic nitrogens is 2. The molecule has 186 valence electrons. The van der Waals surface area contributed by atoms with Crippen molar-refractivity contribution in [2.24, 2.45) is 52.3 Å². The van der Waals surface area contributed by atoms with Crippen molar-refractivity contribution < 1.29 is 14.6 Å². The van der Waals surface area contributed by atoms with Crippen molar-refractivity contribution in [2.75, 3.05) is 5.73 Å². The Balaban J connectivity index is 1.37. The van der Waals surface area contributed by atoms with Crippen LogP contribution in [0.2, 0.25) is 0 Å². The van der Waals surface area contributed by atoms with Crippen LogP contribution in [0.4, 0.5) is 6.01 Å². The van der Waals surface area contributed by atoms with Crippen molar-refractivity contribution in [3.05, 3.63) is 5.89 Å². The Kier molecular flexibility index (Phi) is 6.09. The van der Waals surface area contributed by atoms with Crippen molar-refractivity contribution >= 4 is 6.01 Å². The largest absolute Gasteiger partial charge is 0.408 e. The lowest BCUT2D eigenvalue weighted by molar-refractivity contribution is -0.203. The smallest absolute Gasteiger partial charge is 0.312 e. The molecule has 4 saturated carbocycles. The van der Waals surface area contributed by atoms with Crippen LogP contribution in [-0.4, -0.2) is 32.6 Å². The van der Waals surface area contributed by atoms with E-state index in [2.05, 4.69) is 37.9 Å². The number of aliphatic hydroxyl groups excluding tert-OH is 2. The molecule has 0 saturated heterocycles. The molecule has 1 heterocycles. The number of aliphatic hydroxyl groups is 2. The summed E-state index contributed by atoms with van der Waals surface area (Å²) in [4.78, 5) is 0. The van der Waals surface area contributed by atoms with Gasteiger partial charge in [0, 0.05) is 6.42 Å². The van der Waals surface area contributed by atoms with E-state index in [1.165, 1.54) is 25.7 Å². The van der Waals surface area contributed by atoms with Crippen molar-refractivity contribution in [1.82, 2.24) is 10.2 Å². The molecule has 11 atom stereocenters. The molecular weight excluding hydrogens is 414 g/mol. The van der Waals surface area contributed by atoms with Gasteiger partial charge in [0.25, 0.3) is 0 Å². The quantitative estimate of drug-likeness (QED) is 0.581. The molecule has 0 spiro atoms. The maximum atomic E-state index is 11.8. The summed E-state index contributed by atoms with van der Waals surface area (Å²) in [5.74, 6) is 4.32. The van der Waals surface area contributed by atoms with E-state index in [0.29, 0.717) is 52.7 Å². The minimum absolute atomic E-state index is 0.155. The predicted octanol–water partition coefficient (Wildman–Crippen LogP) is 4.85. The molecule has 33 heavy (non-hydrogen) atoms. The first-order valence-corrected chi connectivity index (χ1v) is 13.6. The van der Waals surface area contributed by atoms with Crippen molar-refractivity contribution in [2.45, 2.75) is 104 Å². The number of aryl methyl sites for hydroxylation is 1. The zero-order valence-electron chi connectivity index (χ0n) is 21.0. The predicted molar refractivity (Wildman–Crippen MR) is 128 cm³/mol. The molecule has 6 nitrogen and oxygen atoms in total. The molecule has 4 N–H and O–H groups in total. The zero-order valence-corrected chi connectivity index (χ0v) is 21.0. The van der Waals surface area contributed by atoms with Crippen LogP contribution >= 0.6 is 0 Å². The molecule has 0 aliphatic heterocycles. The normalized spacial score (nSPS) is 48.1. The van der Waals surface area contributed by atoms with Crippen LogP contribution in [0.1, 0.15) is 91.4 Å². The van der Waals surface area contributed by atoms with Gasteiger partial charge in [-0.25, -0.2) is 0 Å². The van der Waals surface area contributed by atoms with Gasteiger partial charge in [0.2, 0.25) is 5.89 Å². The summed E-state index contributed by atoms with van der Waals surface area (Å²) >= 11 is 0. The Morgan fingerprint density at radius 1 is 1.03 bits per heavy atom. The van der Waals surface area contributed by atoms with E-state index in [0.717, 1.165) is 38.5 Å². The first-order chi connectivity index (χ1) is 15.7. The molecule has 1 aromatic rings. The lowest BCUT2D eigenvalue weighted by atomic mass is 9.41. The number of fused-ring (bicyclic) bond motifs is 5. The molecule has 4 fully saturated rings. The fraction of sp³-hybridized carbons (Fsp3) is 0.926. The monoisotopic (exact) mass is 459 g/mol. The van der Waals surface area contributed by atoms with Gasteiger partial charge < -0.3 is 20.4 Å². The van der Waals surface area contributed by atoms with Crippen LogP contribution in [0.3, 0.4) is 0 Å². The van der Waals surface area contributed by atoms with Gasteiger partial charge in [-0.1, -0.05) is 39.2 Å². The highest BCUT2D eigenvalue weighted by Gasteiger charge is 2.64. The van der Waals surface area contributed by atoms with Crippen LogP contribution in [-0.2, 0) is 6.42 Å². The molecule has 0 amide bonds. The minimum atomic E-state index is -0.219. The fourth-order valence-corrected chi connectivity index (χ4v) is 9.85. The summed E-state index contributed by atoms with van der Waals surface area (Å²) < 4.78 is 5.41. The van der Waals surface area contributed by atoms with Gasteiger partial charge in [0.05, 0.1) is 12.2 Å². The number of hydrogen-bond donors (Lipinski definition) is 3. The SMILES string of the molecule is CC[C@@H]1C2C[C@H](O)CCC2(C)[C@H]2CCC3(C)C([C@H](C)CCc4nnc(N)o4)CC[C@H]3[C@@H]2[C@@H]1O. The number of nitrogens with two attached hydrogens (primary N) is 1. The molecule has 4 aliphatic rings. The van der Waals surface area contributed by atoms with E-state index in [9.17, 15) is 10.2 Å². The summed E-state index contributed by atoms with van der Waals surface area (Å²) in [6, 6.07) is 0.155. The maximum absolute atomic E-state index is 11.8. The number of nitrogens with zero attached hydrogens (tertiary/aromatic N) is 2. The van der Waals surface area contributed by atoms with Gasteiger partial charge in [-0.2, -0.15) is 0 Å². The fourth-order valence-electron chi connectivity index (χ4n) is 9.85. The Morgan fingerprint density at radius 2 is 1.76 bits per heavy atom. The molecule has 5 rings (SSSR count). The van der Waals surface area contributed by atoms with Crippen molar-refractivity contribution in [3.63, 3.8) is 0 Å². The molecular formula is C27H45N3O3. The first kappa shape index (κ1) is 23.6. The van der Waals surface area contributed by atoms with E-state index >= 15 is 0 Å². The molecule has 0 radical (unpaired) electrons. The highest BCUT2D eigenvalue weighted by molar-refractivity contribution is 5.13. The third kappa shape index (κ3) is 3.65. The second kappa shape index (κ2) is 8.51. The summed E-state index contributed by atoms with van der Waals surface area (Å²) in [7, 11) is 0. The van der Waals surface area contributed by atoms with E-state index in [-0.39, 0.29) is 23.6 Å². The van der Waals surface area contributed by atoms with E-state index in [1.54, 1.807) is 0 Å². The topological polar surface area (TPSA) is 105 Å². The Bertz CT molecular complexity index is 844. The molecule has 1 aromatic heterocycles. The molecule has 4 unspecified atom stereocenters. The van der Waals surface area contributed by atoms with E-state index < -0.39 is 0 Å². The Morgan fingerprint density at radius 3 is 2.45 bits per heavy atom. The van der Waals surface area contributed by atoms with Gasteiger partial charge in [0.15, 0.2) is 0 Å².